The van der Waals surface area contributed by atoms with Crippen LogP contribution in [0, 0.1) is 11.3 Å². The number of carbonyl (C=O) groups excluding carboxylic acids is 1. The Morgan fingerprint density at radius 2 is 1.76 bits per heavy atom. The molecule has 0 aromatic heterocycles. The van der Waals surface area contributed by atoms with Crippen LogP contribution in [0.5, 0.6) is 0 Å². The summed E-state index contributed by atoms with van der Waals surface area (Å²) in [6, 6.07) is 10.7. The van der Waals surface area contributed by atoms with Crippen molar-refractivity contribution in [3.8, 4) is 0 Å². The molecule has 0 unspecified atom stereocenters. The minimum absolute atomic E-state index is 0.0947. The van der Waals surface area contributed by atoms with Crippen LogP contribution in [0.15, 0.2) is 36.4 Å². The highest BCUT2D eigenvalue weighted by Gasteiger charge is 2.40. The monoisotopic (exact) mass is 397 g/mol. The van der Waals surface area contributed by atoms with E-state index in [2.05, 4.69) is 49.8 Å². The van der Waals surface area contributed by atoms with Crippen molar-refractivity contribution in [1.82, 2.24) is 15.7 Å². The molecule has 1 saturated carbocycles. The van der Waals surface area contributed by atoms with Gasteiger partial charge in [0.25, 0.3) is 0 Å². The predicted octanol–water partition coefficient (Wildman–Crippen LogP) is 4.71. The van der Waals surface area contributed by atoms with E-state index in [4.69, 9.17) is 4.84 Å². The van der Waals surface area contributed by atoms with E-state index in [-0.39, 0.29) is 11.6 Å². The lowest BCUT2D eigenvalue weighted by Crippen LogP contribution is -2.52. The Balaban J connectivity index is 1.27. The molecule has 4 rings (SSSR count). The Morgan fingerprint density at radius 3 is 2.38 bits per heavy atom. The van der Waals surface area contributed by atoms with E-state index < -0.39 is 0 Å². The van der Waals surface area contributed by atoms with Crippen molar-refractivity contribution in [2.75, 3.05) is 13.1 Å². The molecule has 0 bridgehead atoms. The first-order valence-corrected chi connectivity index (χ1v) is 11.1. The zero-order chi connectivity index (χ0) is 20.5. The molecule has 2 N–H and O–H groups in total. The van der Waals surface area contributed by atoms with Crippen LogP contribution < -0.4 is 10.8 Å². The Morgan fingerprint density at radius 1 is 1.10 bits per heavy atom. The van der Waals surface area contributed by atoms with Gasteiger partial charge in [-0.2, -0.15) is 0 Å². The third kappa shape index (κ3) is 4.61. The van der Waals surface area contributed by atoms with Gasteiger partial charge in [0, 0.05) is 32.0 Å². The number of hydrogen-bond acceptors (Lipinski definition) is 3. The first-order chi connectivity index (χ1) is 13.8. The summed E-state index contributed by atoms with van der Waals surface area (Å²) in [5.74, 6) is 0.767. The summed E-state index contributed by atoms with van der Waals surface area (Å²) in [7, 11) is 0. The quantitative estimate of drug-likeness (QED) is 0.760. The largest absolute Gasteiger partial charge is 0.335 e. The number of nitrogens with one attached hydrogen (secondary N) is 2. The van der Waals surface area contributed by atoms with Crippen molar-refractivity contribution in [1.29, 1.82) is 0 Å². The first kappa shape index (κ1) is 20.3. The van der Waals surface area contributed by atoms with E-state index in [0.717, 1.165) is 56.0 Å². The lowest BCUT2D eigenvalue weighted by Gasteiger charge is -2.39. The zero-order valence-electron chi connectivity index (χ0n) is 18.0. The fourth-order valence-electron chi connectivity index (χ4n) is 4.94. The Labute approximate surface area is 174 Å². The van der Waals surface area contributed by atoms with Gasteiger partial charge in [-0.1, -0.05) is 51.1 Å². The lowest BCUT2D eigenvalue weighted by molar-refractivity contribution is -0.0640. The fraction of sp³-hybridized carbons (Fsp3) is 0.625. The Kier molecular flexibility index (Phi) is 5.60. The number of carbonyl (C=O) groups is 1. The predicted molar refractivity (Wildman–Crippen MR) is 116 cm³/mol. The Hall–Kier alpha value is -2.01. The molecule has 2 fully saturated rings. The molecule has 2 aliphatic heterocycles. The van der Waals surface area contributed by atoms with Crippen LogP contribution >= 0.6 is 0 Å². The molecular weight excluding hydrogens is 362 g/mol. The maximum Gasteiger partial charge on any atom is 0.317 e. The number of rotatable bonds is 2. The second kappa shape index (κ2) is 8.02. The van der Waals surface area contributed by atoms with Gasteiger partial charge >= 0.3 is 6.03 Å². The van der Waals surface area contributed by atoms with E-state index in [1.165, 1.54) is 12.8 Å². The van der Waals surface area contributed by atoms with Gasteiger partial charge in [0.1, 0.15) is 5.60 Å². The second-order valence-corrected chi connectivity index (χ2v) is 10.0. The summed E-state index contributed by atoms with van der Waals surface area (Å²) < 4.78 is 0. The second-order valence-electron chi connectivity index (χ2n) is 10.0. The number of piperidine rings is 1. The fourth-order valence-corrected chi connectivity index (χ4v) is 4.94. The van der Waals surface area contributed by atoms with Crippen LogP contribution in [0.2, 0.25) is 0 Å². The van der Waals surface area contributed by atoms with Crippen molar-refractivity contribution >= 4 is 11.7 Å². The number of likely N-dealkylation sites (tertiary alicyclic amines) is 1. The van der Waals surface area contributed by atoms with Crippen LogP contribution in [0.3, 0.4) is 0 Å². The minimum Gasteiger partial charge on any atom is -0.335 e. The average Bonchev–Trinajstić information content (AvgIpc) is 3.12. The number of amides is 2. The van der Waals surface area contributed by atoms with Crippen molar-refractivity contribution in [3.05, 3.63) is 42.0 Å². The zero-order valence-corrected chi connectivity index (χ0v) is 18.0. The summed E-state index contributed by atoms with van der Waals surface area (Å²) in [6.45, 7) is 8.44. The highest BCUT2D eigenvalue weighted by molar-refractivity contribution is 5.75. The number of urea groups is 1. The molecule has 3 aliphatic rings. The number of benzene rings is 1. The standard InChI is InChI=1S/C24H35N3O2/c1-23(2,3)19-9-11-20(12-10-19)25-22(28)27-15-13-24(14-16-27)17-21(26-29-24)18-7-5-4-6-8-18/h4-8,17,19-20,26H,9-16H2,1-3H3,(H,25,28). The van der Waals surface area contributed by atoms with Crippen LogP contribution in [-0.4, -0.2) is 35.7 Å². The van der Waals surface area contributed by atoms with Gasteiger partial charge in [-0.05, 0) is 48.7 Å². The summed E-state index contributed by atoms with van der Waals surface area (Å²) in [4.78, 5) is 20.7. The SMILES string of the molecule is CC(C)(C)C1CCC(NC(=O)N2CCC3(C=C(c4ccccc4)NO3)CC2)CC1. The summed E-state index contributed by atoms with van der Waals surface area (Å²) in [5.41, 5.74) is 5.34. The molecule has 1 spiro atoms. The number of hydrogen-bond donors (Lipinski definition) is 2. The highest BCUT2D eigenvalue weighted by atomic mass is 16.7. The van der Waals surface area contributed by atoms with Crippen molar-refractivity contribution in [3.63, 3.8) is 0 Å². The van der Waals surface area contributed by atoms with E-state index in [9.17, 15) is 4.79 Å². The van der Waals surface area contributed by atoms with Crippen LogP contribution in [0.4, 0.5) is 4.79 Å². The molecule has 158 valence electrons. The molecule has 5 heteroatoms. The topological polar surface area (TPSA) is 53.6 Å². The van der Waals surface area contributed by atoms with E-state index in [1.807, 2.05) is 23.1 Å². The van der Waals surface area contributed by atoms with Crippen molar-refractivity contribution in [2.24, 2.45) is 11.3 Å². The minimum atomic E-state index is -0.299. The maximum atomic E-state index is 12.8. The van der Waals surface area contributed by atoms with E-state index >= 15 is 0 Å². The normalized spacial score (nSPS) is 26.7. The number of hydroxylamine groups is 1. The van der Waals surface area contributed by atoms with Gasteiger partial charge in [0.2, 0.25) is 0 Å². The molecule has 1 saturated heterocycles. The van der Waals surface area contributed by atoms with Gasteiger partial charge < -0.3 is 10.2 Å². The van der Waals surface area contributed by atoms with Gasteiger partial charge in [0.15, 0.2) is 0 Å². The summed E-state index contributed by atoms with van der Waals surface area (Å²) >= 11 is 0. The molecule has 2 heterocycles. The molecule has 5 nitrogen and oxygen atoms in total. The van der Waals surface area contributed by atoms with Gasteiger partial charge in [-0.3, -0.25) is 10.3 Å². The maximum absolute atomic E-state index is 12.8. The molecular formula is C24H35N3O2. The third-order valence-electron chi connectivity index (χ3n) is 7.03. The molecule has 0 atom stereocenters. The summed E-state index contributed by atoms with van der Waals surface area (Å²) in [5, 5.41) is 3.29. The summed E-state index contributed by atoms with van der Waals surface area (Å²) in [6.07, 6.45) is 8.46. The Bertz CT molecular complexity index is 737. The molecule has 1 aromatic carbocycles. The van der Waals surface area contributed by atoms with Crippen LogP contribution in [0.1, 0.15) is 64.9 Å². The smallest absolute Gasteiger partial charge is 0.317 e. The first-order valence-electron chi connectivity index (χ1n) is 11.1. The van der Waals surface area contributed by atoms with Gasteiger partial charge in [-0.25, -0.2) is 4.79 Å². The van der Waals surface area contributed by atoms with Crippen molar-refractivity contribution < 1.29 is 9.63 Å². The highest BCUT2D eigenvalue weighted by Crippen LogP contribution is 2.38. The van der Waals surface area contributed by atoms with Crippen LogP contribution in [-0.2, 0) is 4.84 Å². The molecule has 2 amide bonds. The van der Waals surface area contributed by atoms with E-state index in [0.29, 0.717) is 11.5 Å². The molecule has 0 radical (unpaired) electrons. The third-order valence-corrected chi connectivity index (χ3v) is 7.03. The lowest BCUT2D eigenvalue weighted by atomic mass is 9.71. The average molecular weight is 398 g/mol. The van der Waals surface area contributed by atoms with Gasteiger partial charge in [0.05, 0.1) is 5.70 Å². The molecule has 29 heavy (non-hydrogen) atoms. The molecule has 1 aromatic rings. The molecule has 1 aliphatic carbocycles. The van der Waals surface area contributed by atoms with E-state index in [1.54, 1.807) is 0 Å². The number of nitrogens with zero attached hydrogens (tertiary/aromatic N) is 1. The van der Waals surface area contributed by atoms with Crippen LogP contribution in [0.25, 0.3) is 5.70 Å². The van der Waals surface area contributed by atoms with Gasteiger partial charge in [-0.15, -0.1) is 0 Å². The van der Waals surface area contributed by atoms with Crippen molar-refractivity contribution in [2.45, 2.75) is 70.9 Å².